The maximum atomic E-state index is 11.4. The maximum absolute atomic E-state index is 11.4. The molecular weight excluding hydrogens is 306 g/mol. The molecule has 0 aliphatic carbocycles. The molecule has 0 saturated carbocycles. The quantitative estimate of drug-likeness (QED) is 0.856. The second-order valence-corrected chi connectivity index (χ2v) is 8.00. The third kappa shape index (κ3) is 4.38. The summed E-state index contributed by atoms with van der Waals surface area (Å²) in [6.07, 6.45) is 0.504. The highest BCUT2D eigenvalue weighted by molar-refractivity contribution is 7.90. The van der Waals surface area contributed by atoms with Crippen LogP contribution >= 0.6 is 11.3 Å². The molecule has 0 fully saturated rings. The van der Waals surface area contributed by atoms with Crippen LogP contribution in [-0.2, 0) is 9.84 Å². The lowest BCUT2D eigenvalue weighted by Gasteiger charge is -2.16. The summed E-state index contributed by atoms with van der Waals surface area (Å²) in [5, 5.41) is 15.4. The van der Waals surface area contributed by atoms with Crippen LogP contribution in [0.5, 0.6) is 0 Å². The molecule has 6 heteroatoms. The van der Waals surface area contributed by atoms with Gasteiger partial charge in [-0.25, -0.2) is 8.42 Å². The Kier molecular flexibility index (Phi) is 5.16. The Morgan fingerprint density at radius 3 is 2.43 bits per heavy atom. The van der Waals surface area contributed by atoms with Crippen molar-refractivity contribution in [2.45, 2.75) is 24.0 Å². The summed E-state index contributed by atoms with van der Waals surface area (Å²) in [5.74, 6) is 0. The number of aliphatic hydroxyl groups is 1. The fourth-order valence-corrected chi connectivity index (χ4v) is 3.37. The van der Waals surface area contributed by atoms with Gasteiger partial charge in [-0.15, -0.1) is 11.3 Å². The van der Waals surface area contributed by atoms with E-state index < -0.39 is 15.9 Å². The number of benzene rings is 1. The molecule has 2 N–H and O–H groups in total. The summed E-state index contributed by atoms with van der Waals surface area (Å²) in [6, 6.07) is 10.6. The zero-order valence-electron chi connectivity index (χ0n) is 12.0. The highest BCUT2D eigenvalue weighted by Crippen LogP contribution is 2.20. The number of rotatable bonds is 6. The molecule has 4 nitrogen and oxygen atoms in total. The van der Waals surface area contributed by atoms with Crippen LogP contribution in [0.15, 0.2) is 46.7 Å². The van der Waals surface area contributed by atoms with Gasteiger partial charge in [-0.3, -0.25) is 0 Å². The molecule has 0 aliphatic rings. The SMILES string of the molecule is C[C@H](NCC(O)c1ccc(S(C)(=O)=O)cc1)c1cccs1. The molecule has 0 aliphatic heterocycles. The van der Waals surface area contributed by atoms with Crippen LogP contribution < -0.4 is 5.32 Å². The lowest BCUT2D eigenvalue weighted by molar-refractivity contribution is 0.171. The van der Waals surface area contributed by atoms with E-state index in [-0.39, 0.29) is 10.9 Å². The number of hydrogen-bond acceptors (Lipinski definition) is 5. The van der Waals surface area contributed by atoms with Gasteiger partial charge in [-0.2, -0.15) is 0 Å². The predicted molar refractivity (Wildman–Crippen MR) is 85.2 cm³/mol. The van der Waals surface area contributed by atoms with Crippen molar-refractivity contribution in [1.82, 2.24) is 5.32 Å². The number of aliphatic hydroxyl groups excluding tert-OH is 1. The minimum Gasteiger partial charge on any atom is -0.387 e. The third-order valence-corrected chi connectivity index (χ3v) is 5.46. The Hall–Kier alpha value is -1.21. The molecule has 114 valence electrons. The first-order chi connectivity index (χ1) is 9.88. The molecule has 2 aromatic rings. The van der Waals surface area contributed by atoms with Gasteiger partial charge in [0, 0.05) is 23.7 Å². The lowest BCUT2D eigenvalue weighted by atomic mass is 10.1. The van der Waals surface area contributed by atoms with Gasteiger partial charge in [-0.1, -0.05) is 18.2 Å². The Morgan fingerprint density at radius 1 is 1.24 bits per heavy atom. The van der Waals surface area contributed by atoms with Gasteiger partial charge in [-0.05, 0) is 36.1 Å². The molecule has 0 radical (unpaired) electrons. The molecule has 1 aromatic heterocycles. The first-order valence-electron chi connectivity index (χ1n) is 6.63. The molecule has 1 unspecified atom stereocenters. The smallest absolute Gasteiger partial charge is 0.175 e. The largest absolute Gasteiger partial charge is 0.387 e. The Bertz CT molecular complexity index is 663. The fourth-order valence-electron chi connectivity index (χ4n) is 1.98. The highest BCUT2D eigenvalue weighted by Gasteiger charge is 2.13. The van der Waals surface area contributed by atoms with Crippen molar-refractivity contribution in [3.63, 3.8) is 0 Å². The predicted octanol–water partition coefficient (Wildman–Crippen LogP) is 2.54. The average molecular weight is 325 g/mol. The summed E-state index contributed by atoms with van der Waals surface area (Å²) in [6.45, 7) is 2.46. The minimum absolute atomic E-state index is 0.176. The molecule has 2 rings (SSSR count). The molecule has 0 saturated heterocycles. The van der Waals surface area contributed by atoms with Crippen molar-refractivity contribution < 1.29 is 13.5 Å². The van der Waals surface area contributed by atoms with Crippen LogP contribution in [-0.4, -0.2) is 26.3 Å². The third-order valence-electron chi connectivity index (χ3n) is 3.28. The molecule has 0 bridgehead atoms. The zero-order valence-corrected chi connectivity index (χ0v) is 13.6. The van der Waals surface area contributed by atoms with E-state index in [1.165, 1.54) is 23.3 Å². The van der Waals surface area contributed by atoms with E-state index in [9.17, 15) is 13.5 Å². The second-order valence-electron chi connectivity index (χ2n) is 5.00. The summed E-state index contributed by atoms with van der Waals surface area (Å²) in [5.41, 5.74) is 0.702. The van der Waals surface area contributed by atoms with E-state index in [0.29, 0.717) is 12.1 Å². The van der Waals surface area contributed by atoms with Gasteiger partial charge in [0.15, 0.2) is 9.84 Å². The first-order valence-corrected chi connectivity index (χ1v) is 9.40. The molecule has 0 amide bonds. The highest BCUT2D eigenvalue weighted by atomic mass is 32.2. The molecule has 2 atom stereocenters. The lowest BCUT2D eigenvalue weighted by Crippen LogP contribution is -2.24. The number of hydrogen-bond donors (Lipinski definition) is 2. The van der Waals surface area contributed by atoms with E-state index in [1.807, 2.05) is 18.4 Å². The van der Waals surface area contributed by atoms with Crippen molar-refractivity contribution in [1.29, 1.82) is 0 Å². The van der Waals surface area contributed by atoms with Crippen molar-refractivity contribution in [2.24, 2.45) is 0 Å². The Labute approximate surface area is 129 Å². The standard InChI is InChI=1S/C15H19NO3S2/c1-11(15-4-3-9-20-15)16-10-14(17)12-5-7-13(8-6-12)21(2,18)19/h3-9,11,14,16-17H,10H2,1-2H3/t11-,14?/m0/s1. The molecule has 21 heavy (non-hydrogen) atoms. The molecule has 1 heterocycles. The second kappa shape index (κ2) is 6.70. The number of sulfone groups is 1. The van der Waals surface area contributed by atoms with Gasteiger partial charge >= 0.3 is 0 Å². The molecular formula is C15H19NO3S2. The average Bonchev–Trinajstić information content (AvgIpc) is 2.98. The molecule has 0 spiro atoms. The van der Waals surface area contributed by atoms with E-state index >= 15 is 0 Å². The van der Waals surface area contributed by atoms with Crippen LogP contribution in [0.4, 0.5) is 0 Å². The number of thiophene rings is 1. The van der Waals surface area contributed by atoms with Crippen molar-refractivity contribution >= 4 is 21.2 Å². The van der Waals surface area contributed by atoms with E-state index in [0.717, 1.165) is 0 Å². The van der Waals surface area contributed by atoms with Crippen LogP contribution in [0.25, 0.3) is 0 Å². The summed E-state index contributed by atoms with van der Waals surface area (Å²) < 4.78 is 22.8. The van der Waals surface area contributed by atoms with Gasteiger partial charge in [0.1, 0.15) is 0 Å². The van der Waals surface area contributed by atoms with E-state index in [1.54, 1.807) is 23.5 Å². The van der Waals surface area contributed by atoms with E-state index in [2.05, 4.69) is 11.4 Å². The van der Waals surface area contributed by atoms with Crippen LogP contribution in [0.1, 0.15) is 29.5 Å². The minimum atomic E-state index is -3.20. The first kappa shape index (κ1) is 16.2. The fraction of sp³-hybridized carbons (Fsp3) is 0.333. The monoisotopic (exact) mass is 325 g/mol. The number of nitrogens with one attached hydrogen (secondary N) is 1. The maximum Gasteiger partial charge on any atom is 0.175 e. The Balaban J connectivity index is 1.96. The summed E-state index contributed by atoms with van der Waals surface area (Å²) in [7, 11) is -3.20. The van der Waals surface area contributed by atoms with Crippen LogP contribution in [0.2, 0.25) is 0 Å². The Morgan fingerprint density at radius 2 is 1.90 bits per heavy atom. The van der Waals surface area contributed by atoms with Crippen molar-refractivity contribution in [3.8, 4) is 0 Å². The van der Waals surface area contributed by atoms with Gasteiger partial charge in [0.25, 0.3) is 0 Å². The van der Waals surface area contributed by atoms with Gasteiger partial charge < -0.3 is 10.4 Å². The van der Waals surface area contributed by atoms with Gasteiger partial charge in [0.05, 0.1) is 11.0 Å². The normalized spacial score (nSPS) is 14.8. The topological polar surface area (TPSA) is 66.4 Å². The van der Waals surface area contributed by atoms with E-state index in [4.69, 9.17) is 0 Å². The zero-order chi connectivity index (χ0) is 15.5. The van der Waals surface area contributed by atoms with Crippen LogP contribution in [0.3, 0.4) is 0 Å². The van der Waals surface area contributed by atoms with Crippen molar-refractivity contribution in [3.05, 3.63) is 52.2 Å². The summed E-state index contributed by atoms with van der Waals surface area (Å²) in [4.78, 5) is 1.48. The van der Waals surface area contributed by atoms with Crippen LogP contribution in [0, 0.1) is 0 Å². The van der Waals surface area contributed by atoms with Crippen molar-refractivity contribution in [2.75, 3.05) is 12.8 Å². The summed E-state index contributed by atoms with van der Waals surface area (Å²) >= 11 is 1.67. The molecule has 1 aromatic carbocycles. The van der Waals surface area contributed by atoms with Gasteiger partial charge in [0.2, 0.25) is 0 Å².